The van der Waals surface area contributed by atoms with Crippen molar-refractivity contribution in [3.05, 3.63) is 47.5 Å². The molecule has 1 aliphatic heterocycles. The summed E-state index contributed by atoms with van der Waals surface area (Å²) in [5.74, 6) is 0.597. The zero-order chi connectivity index (χ0) is 19.7. The van der Waals surface area contributed by atoms with Crippen LogP contribution in [0.1, 0.15) is 36.8 Å². The van der Waals surface area contributed by atoms with Crippen LogP contribution in [0.5, 0.6) is 11.5 Å². The van der Waals surface area contributed by atoms with Crippen molar-refractivity contribution in [2.45, 2.75) is 39.2 Å². The van der Waals surface area contributed by atoms with Gasteiger partial charge in [-0.2, -0.15) is 0 Å². The Bertz CT molecular complexity index is 921. The first kappa shape index (κ1) is 18.5. The first-order valence-corrected chi connectivity index (χ1v) is 9.88. The molecule has 5 nitrogen and oxygen atoms in total. The van der Waals surface area contributed by atoms with Gasteiger partial charge in [-0.15, -0.1) is 0 Å². The average molecular weight is 379 g/mol. The lowest BCUT2D eigenvalue weighted by molar-refractivity contribution is -0.135. The van der Waals surface area contributed by atoms with E-state index in [1.165, 1.54) is 0 Å². The Morgan fingerprint density at radius 3 is 2.86 bits per heavy atom. The SMILES string of the molecule is Cc1ccccc1-c1cc(O)c2c(c1)CN(C(=O)C[C@@H]1CCCC1=O)CCO2. The number of hydrogen-bond donors (Lipinski definition) is 1. The highest BCUT2D eigenvalue weighted by Crippen LogP contribution is 2.38. The number of carbonyl (C=O) groups excluding carboxylic acids is 2. The van der Waals surface area contributed by atoms with E-state index >= 15 is 0 Å². The van der Waals surface area contributed by atoms with Gasteiger partial charge in [0.25, 0.3) is 0 Å². The van der Waals surface area contributed by atoms with Gasteiger partial charge >= 0.3 is 0 Å². The van der Waals surface area contributed by atoms with E-state index in [1.54, 1.807) is 11.0 Å². The Morgan fingerprint density at radius 2 is 2.11 bits per heavy atom. The van der Waals surface area contributed by atoms with Crippen LogP contribution in [-0.2, 0) is 16.1 Å². The molecule has 1 fully saturated rings. The van der Waals surface area contributed by atoms with E-state index < -0.39 is 0 Å². The van der Waals surface area contributed by atoms with Gasteiger partial charge in [0.1, 0.15) is 12.4 Å². The maximum Gasteiger partial charge on any atom is 0.223 e. The number of phenolic OH excluding ortho intramolecular Hbond substituents is 1. The van der Waals surface area contributed by atoms with E-state index in [2.05, 4.69) is 0 Å². The fraction of sp³-hybridized carbons (Fsp3) is 0.391. The molecule has 0 unspecified atom stereocenters. The van der Waals surface area contributed by atoms with Crippen molar-refractivity contribution in [2.75, 3.05) is 13.2 Å². The smallest absolute Gasteiger partial charge is 0.223 e. The van der Waals surface area contributed by atoms with Crippen molar-refractivity contribution in [1.29, 1.82) is 0 Å². The second-order valence-corrected chi connectivity index (χ2v) is 7.72. The second kappa shape index (κ2) is 7.66. The number of Topliss-reactive ketones (excluding diaryl/α,β-unsaturated/α-hetero) is 1. The Kier molecular flexibility index (Phi) is 5.07. The molecule has 1 amide bonds. The van der Waals surface area contributed by atoms with Crippen molar-refractivity contribution >= 4 is 11.7 Å². The molecule has 0 saturated heterocycles. The fourth-order valence-corrected chi connectivity index (χ4v) is 4.21. The van der Waals surface area contributed by atoms with Crippen LogP contribution in [0.3, 0.4) is 0 Å². The number of aromatic hydroxyl groups is 1. The van der Waals surface area contributed by atoms with E-state index in [0.717, 1.165) is 35.1 Å². The summed E-state index contributed by atoms with van der Waals surface area (Å²) < 4.78 is 5.76. The number of nitrogens with zero attached hydrogens (tertiary/aromatic N) is 1. The van der Waals surface area contributed by atoms with Gasteiger partial charge < -0.3 is 14.7 Å². The molecule has 0 aromatic heterocycles. The number of ketones is 1. The standard InChI is InChI=1S/C23H25NO4/c1-15-5-2-3-7-19(15)17-11-18-14-24(9-10-28-23(18)21(26)12-17)22(27)13-16-6-4-8-20(16)25/h2-3,5,7,11-12,16,26H,4,6,8-10,13-14H2,1H3/t16-/m0/s1. The number of fused-ring (bicyclic) bond motifs is 1. The van der Waals surface area contributed by atoms with Gasteiger partial charge in [-0.3, -0.25) is 9.59 Å². The minimum atomic E-state index is -0.136. The topological polar surface area (TPSA) is 66.8 Å². The molecule has 1 atom stereocenters. The highest BCUT2D eigenvalue weighted by atomic mass is 16.5. The van der Waals surface area contributed by atoms with Crippen LogP contribution in [0, 0.1) is 12.8 Å². The van der Waals surface area contributed by atoms with Crippen LogP contribution in [0.25, 0.3) is 11.1 Å². The molecule has 1 N–H and O–H groups in total. The molecule has 2 aromatic carbocycles. The highest BCUT2D eigenvalue weighted by Gasteiger charge is 2.30. The molecule has 28 heavy (non-hydrogen) atoms. The van der Waals surface area contributed by atoms with Crippen LogP contribution in [-0.4, -0.2) is 34.8 Å². The number of benzene rings is 2. The molecule has 5 heteroatoms. The third-order valence-corrected chi connectivity index (χ3v) is 5.78. The van der Waals surface area contributed by atoms with Crippen molar-refractivity contribution in [3.8, 4) is 22.6 Å². The maximum atomic E-state index is 12.8. The Hall–Kier alpha value is -2.82. The van der Waals surface area contributed by atoms with E-state index in [1.807, 2.05) is 37.3 Å². The summed E-state index contributed by atoms with van der Waals surface area (Å²) >= 11 is 0. The number of amides is 1. The molecule has 0 radical (unpaired) electrons. The van der Waals surface area contributed by atoms with Gasteiger partial charge in [-0.1, -0.05) is 24.3 Å². The van der Waals surface area contributed by atoms with Crippen LogP contribution >= 0.6 is 0 Å². The van der Waals surface area contributed by atoms with E-state index in [4.69, 9.17) is 4.74 Å². The normalized spacial score (nSPS) is 19.1. The average Bonchev–Trinajstić information content (AvgIpc) is 2.94. The van der Waals surface area contributed by atoms with Crippen molar-refractivity contribution in [3.63, 3.8) is 0 Å². The van der Waals surface area contributed by atoms with E-state index in [9.17, 15) is 14.7 Å². The molecular weight excluding hydrogens is 354 g/mol. The zero-order valence-corrected chi connectivity index (χ0v) is 16.1. The molecule has 4 rings (SSSR count). The quantitative estimate of drug-likeness (QED) is 0.880. The molecule has 146 valence electrons. The van der Waals surface area contributed by atoms with Gasteiger partial charge in [0.05, 0.1) is 6.54 Å². The summed E-state index contributed by atoms with van der Waals surface area (Å²) in [5, 5.41) is 10.5. The molecule has 1 heterocycles. The van der Waals surface area contributed by atoms with Crippen molar-refractivity contribution in [2.24, 2.45) is 5.92 Å². The van der Waals surface area contributed by atoms with Crippen LogP contribution in [0.2, 0.25) is 0 Å². The molecule has 1 aliphatic carbocycles. The fourth-order valence-electron chi connectivity index (χ4n) is 4.21. The van der Waals surface area contributed by atoms with E-state index in [-0.39, 0.29) is 29.8 Å². The number of phenols is 1. The first-order chi connectivity index (χ1) is 13.5. The summed E-state index contributed by atoms with van der Waals surface area (Å²) in [5.41, 5.74) is 3.85. The van der Waals surface area contributed by atoms with Gasteiger partial charge in [0, 0.05) is 30.9 Å². The lowest BCUT2D eigenvalue weighted by Gasteiger charge is -2.21. The van der Waals surface area contributed by atoms with Gasteiger partial charge in [0.2, 0.25) is 5.91 Å². The molecule has 0 spiro atoms. The van der Waals surface area contributed by atoms with Gasteiger partial charge in [-0.25, -0.2) is 0 Å². The highest BCUT2D eigenvalue weighted by molar-refractivity contribution is 5.88. The Morgan fingerprint density at radius 1 is 1.29 bits per heavy atom. The maximum absolute atomic E-state index is 12.8. The molecule has 2 aliphatic rings. The summed E-state index contributed by atoms with van der Waals surface area (Å²) in [6.45, 7) is 3.19. The van der Waals surface area contributed by atoms with E-state index in [0.29, 0.717) is 31.9 Å². The van der Waals surface area contributed by atoms with Crippen molar-refractivity contribution < 1.29 is 19.4 Å². The lowest BCUT2D eigenvalue weighted by atomic mass is 9.97. The number of aryl methyl sites for hydroxylation is 1. The van der Waals surface area contributed by atoms with Crippen LogP contribution in [0.15, 0.2) is 36.4 Å². The third kappa shape index (κ3) is 3.61. The summed E-state index contributed by atoms with van der Waals surface area (Å²) in [6, 6.07) is 11.7. The number of rotatable bonds is 3. The second-order valence-electron chi connectivity index (χ2n) is 7.72. The van der Waals surface area contributed by atoms with Crippen LogP contribution in [0.4, 0.5) is 0 Å². The first-order valence-electron chi connectivity index (χ1n) is 9.88. The third-order valence-electron chi connectivity index (χ3n) is 5.78. The van der Waals surface area contributed by atoms with Crippen molar-refractivity contribution in [1.82, 2.24) is 4.90 Å². The van der Waals surface area contributed by atoms with Gasteiger partial charge in [-0.05, 0) is 48.6 Å². The zero-order valence-electron chi connectivity index (χ0n) is 16.1. The number of ether oxygens (including phenoxy) is 1. The predicted octanol–water partition coefficient (Wildman–Crippen LogP) is 3.85. The Balaban J connectivity index is 1.60. The number of carbonyl (C=O) groups is 2. The molecule has 1 saturated carbocycles. The predicted molar refractivity (Wildman–Crippen MR) is 106 cm³/mol. The molecule has 0 bridgehead atoms. The van der Waals surface area contributed by atoms with Crippen LogP contribution < -0.4 is 4.74 Å². The summed E-state index contributed by atoms with van der Waals surface area (Å²) in [6.07, 6.45) is 2.56. The largest absolute Gasteiger partial charge is 0.504 e. The summed E-state index contributed by atoms with van der Waals surface area (Å²) in [7, 11) is 0. The minimum absolute atomic E-state index is 0.0162. The Labute approximate surface area is 164 Å². The minimum Gasteiger partial charge on any atom is -0.504 e. The molecular formula is C23H25NO4. The summed E-state index contributed by atoms with van der Waals surface area (Å²) in [4.78, 5) is 26.5. The number of hydrogen-bond acceptors (Lipinski definition) is 4. The van der Waals surface area contributed by atoms with Gasteiger partial charge in [0.15, 0.2) is 11.5 Å². The monoisotopic (exact) mass is 379 g/mol. The lowest BCUT2D eigenvalue weighted by Crippen LogP contribution is -2.34. The molecule has 2 aromatic rings.